The van der Waals surface area contributed by atoms with Crippen molar-refractivity contribution in [1.29, 1.82) is 0 Å². The molecule has 182 valence electrons. The highest BCUT2D eigenvalue weighted by Crippen LogP contribution is 2.57. The van der Waals surface area contributed by atoms with Crippen molar-refractivity contribution in [3.63, 3.8) is 0 Å². The van der Waals surface area contributed by atoms with Crippen LogP contribution in [0.2, 0.25) is 0 Å². The molecule has 2 saturated carbocycles. The van der Waals surface area contributed by atoms with Gasteiger partial charge in [0.2, 0.25) is 4.93 Å². The van der Waals surface area contributed by atoms with E-state index in [1.54, 1.807) is 19.3 Å². The van der Waals surface area contributed by atoms with Crippen molar-refractivity contribution in [2.24, 2.45) is 0 Å². The van der Waals surface area contributed by atoms with E-state index in [0.29, 0.717) is 22.7 Å². The smallest absolute Gasteiger partial charge is 0.300 e. The van der Waals surface area contributed by atoms with Gasteiger partial charge in [0, 0.05) is 13.5 Å². The predicted octanol–water partition coefficient (Wildman–Crippen LogP) is 6.01. The molecule has 5 nitrogen and oxygen atoms in total. The molecule has 2 fully saturated rings. The van der Waals surface area contributed by atoms with Gasteiger partial charge in [-0.3, -0.25) is 4.55 Å². The van der Waals surface area contributed by atoms with Gasteiger partial charge in [-0.2, -0.15) is 8.42 Å². The third-order valence-electron chi connectivity index (χ3n) is 7.64. The summed E-state index contributed by atoms with van der Waals surface area (Å²) in [4.78, 5) is -1.87. The van der Waals surface area contributed by atoms with Crippen molar-refractivity contribution in [3.8, 4) is 0 Å². The SMILES string of the molecule is COC1=C(c2ccccc2P(C2CCCCC2)C2CCCCC2)C(OC)(S(=O)(=O)O)CC=C1. The largest absolute Gasteiger partial charge is 0.496 e. The van der Waals surface area contributed by atoms with Gasteiger partial charge in [-0.05, 0) is 53.9 Å². The van der Waals surface area contributed by atoms with Crippen molar-refractivity contribution in [2.75, 3.05) is 14.2 Å². The molecule has 0 bridgehead atoms. The van der Waals surface area contributed by atoms with Crippen LogP contribution in [0.5, 0.6) is 0 Å². The maximum atomic E-state index is 12.8. The van der Waals surface area contributed by atoms with Gasteiger partial charge < -0.3 is 9.47 Å². The summed E-state index contributed by atoms with van der Waals surface area (Å²) in [6.07, 6.45) is 16.3. The van der Waals surface area contributed by atoms with Crippen LogP contribution in [-0.4, -0.2) is 43.4 Å². The summed E-state index contributed by atoms with van der Waals surface area (Å²) < 4.78 is 47.3. The molecule has 3 aliphatic carbocycles. The summed E-state index contributed by atoms with van der Waals surface area (Å²) in [5.74, 6) is 0.440. The zero-order chi connectivity index (χ0) is 23.5. The summed E-state index contributed by atoms with van der Waals surface area (Å²) in [6, 6.07) is 8.24. The topological polar surface area (TPSA) is 72.8 Å². The first-order valence-electron chi connectivity index (χ1n) is 12.3. The van der Waals surface area contributed by atoms with Gasteiger partial charge in [0.1, 0.15) is 5.76 Å². The van der Waals surface area contributed by atoms with Crippen molar-refractivity contribution >= 4 is 28.9 Å². The average molecular weight is 493 g/mol. The summed E-state index contributed by atoms with van der Waals surface area (Å²) in [6.45, 7) is 0. The third-order valence-corrected chi connectivity index (χ3v) is 12.6. The number of allylic oxidation sites excluding steroid dienone is 1. The van der Waals surface area contributed by atoms with Gasteiger partial charge in [-0.1, -0.05) is 76.8 Å². The highest BCUT2D eigenvalue weighted by Gasteiger charge is 2.51. The lowest BCUT2D eigenvalue weighted by molar-refractivity contribution is 0.0987. The van der Waals surface area contributed by atoms with Gasteiger partial charge in [-0.25, -0.2) is 0 Å². The minimum atomic E-state index is -4.57. The van der Waals surface area contributed by atoms with E-state index in [9.17, 15) is 13.0 Å². The van der Waals surface area contributed by atoms with Crippen molar-refractivity contribution in [3.05, 3.63) is 47.7 Å². The lowest BCUT2D eigenvalue weighted by atomic mass is 9.92. The third kappa shape index (κ3) is 4.82. The monoisotopic (exact) mass is 492 g/mol. The van der Waals surface area contributed by atoms with Gasteiger partial charge in [0.25, 0.3) is 10.1 Å². The van der Waals surface area contributed by atoms with Crippen LogP contribution in [-0.2, 0) is 19.6 Å². The number of rotatable bonds is 7. The Morgan fingerprint density at radius 2 is 1.52 bits per heavy atom. The van der Waals surface area contributed by atoms with Crippen molar-refractivity contribution in [2.45, 2.75) is 86.9 Å². The second kappa shape index (κ2) is 10.6. The highest BCUT2D eigenvalue weighted by molar-refractivity contribution is 7.87. The zero-order valence-corrected chi connectivity index (χ0v) is 21.5. The van der Waals surface area contributed by atoms with Crippen LogP contribution in [0.1, 0.15) is 76.2 Å². The molecule has 0 aromatic heterocycles. The molecule has 0 spiro atoms. The fraction of sp³-hybridized carbons (Fsp3) is 0.615. The maximum absolute atomic E-state index is 12.8. The molecule has 1 aromatic rings. The Kier molecular flexibility index (Phi) is 8.00. The van der Waals surface area contributed by atoms with Gasteiger partial charge in [0.15, 0.2) is 0 Å². The number of ether oxygens (including phenoxy) is 2. The highest BCUT2D eigenvalue weighted by atomic mass is 32.2. The molecule has 0 heterocycles. The van der Waals surface area contributed by atoms with Gasteiger partial charge in [-0.15, -0.1) is 0 Å². The quantitative estimate of drug-likeness (QED) is 0.373. The standard InChI is InChI=1S/C26H37O5PS/c1-30-23-17-11-19-26(31-2,33(27,28)29)25(23)22-16-9-10-18-24(22)32(20-12-5-3-6-13-20)21-14-7-4-8-15-21/h9-11,16-18,20-21H,3-8,12-15,19H2,1-2H3,(H,27,28,29). The molecule has 0 amide bonds. The average Bonchev–Trinajstić information content (AvgIpc) is 2.84. The van der Waals surface area contributed by atoms with Crippen LogP contribution >= 0.6 is 7.92 Å². The zero-order valence-electron chi connectivity index (χ0n) is 19.8. The minimum Gasteiger partial charge on any atom is -0.496 e. The van der Waals surface area contributed by atoms with Crippen LogP contribution in [0.25, 0.3) is 5.57 Å². The van der Waals surface area contributed by atoms with E-state index in [1.807, 2.05) is 12.1 Å². The predicted molar refractivity (Wildman–Crippen MR) is 136 cm³/mol. The Balaban J connectivity index is 1.91. The lowest BCUT2D eigenvalue weighted by Crippen LogP contribution is -2.44. The second-order valence-electron chi connectivity index (χ2n) is 9.49. The summed E-state index contributed by atoms with van der Waals surface area (Å²) in [7, 11) is -2.16. The van der Waals surface area contributed by atoms with E-state index in [4.69, 9.17) is 9.47 Å². The van der Waals surface area contributed by atoms with E-state index < -0.39 is 23.0 Å². The van der Waals surface area contributed by atoms with E-state index in [0.717, 1.165) is 5.56 Å². The Bertz CT molecular complexity index is 972. The molecule has 33 heavy (non-hydrogen) atoms. The fourth-order valence-electron chi connectivity index (χ4n) is 6.05. The molecule has 1 atom stereocenters. The van der Waals surface area contributed by atoms with E-state index >= 15 is 0 Å². The first-order chi connectivity index (χ1) is 15.9. The Labute approximate surface area is 200 Å². The summed E-state index contributed by atoms with van der Waals surface area (Å²) in [5.41, 5.74) is 2.62. The summed E-state index contributed by atoms with van der Waals surface area (Å²) in [5, 5.41) is 1.25. The first-order valence-corrected chi connectivity index (χ1v) is 15.2. The van der Waals surface area contributed by atoms with E-state index in [1.165, 1.54) is 76.6 Å². The molecule has 3 aliphatic rings. The van der Waals surface area contributed by atoms with Crippen LogP contribution in [0.15, 0.2) is 42.2 Å². The van der Waals surface area contributed by atoms with Crippen LogP contribution in [0.4, 0.5) is 0 Å². The molecule has 4 rings (SSSR count). The van der Waals surface area contributed by atoms with Crippen LogP contribution in [0.3, 0.4) is 0 Å². The first kappa shape index (κ1) is 24.9. The molecule has 1 aromatic carbocycles. The molecule has 1 N–H and O–H groups in total. The van der Waals surface area contributed by atoms with Crippen molar-refractivity contribution < 1.29 is 22.4 Å². The number of hydrogen-bond donors (Lipinski definition) is 1. The second-order valence-corrected chi connectivity index (χ2v) is 13.9. The van der Waals surface area contributed by atoms with Crippen molar-refractivity contribution in [1.82, 2.24) is 0 Å². The van der Waals surface area contributed by atoms with Crippen LogP contribution in [0, 0.1) is 0 Å². The fourth-order valence-corrected chi connectivity index (χ4v) is 11.0. The molecular weight excluding hydrogens is 455 g/mol. The normalized spacial score (nSPS) is 25.6. The van der Waals surface area contributed by atoms with Gasteiger partial charge in [0.05, 0.1) is 12.7 Å². The number of methoxy groups -OCH3 is 2. The number of benzene rings is 1. The Morgan fingerprint density at radius 3 is 2.03 bits per heavy atom. The summed E-state index contributed by atoms with van der Waals surface area (Å²) >= 11 is 0. The molecule has 7 heteroatoms. The molecule has 1 unspecified atom stereocenters. The molecule has 0 saturated heterocycles. The molecular formula is C26H37O5PS. The van der Waals surface area contributed by atoms with E-state index in [-0.39, 0.29) is 6.42 Å². The number of hydrogen-bond acceptors (Lipinski definition) is 4. The molecule has 0 radical (unpaired) electrons. The maximum Gasteiger partial charge on any atom is 0.300 e. The van der Waals surface area contributed by atoms with Crippen LogP contribution < -0.4 is 5.30 Å². The Morgan fingerprint density at radius 1 is 0.939 bits per heavy atom. The molecule has 0 aliphatic heterocycles. The lowest BCUT2D eigenvalue weighted by Gasteiger charge is -2.41. The Hall–Kier alpha value is -1.20. The van der Waals surface area contributed by atoms with E-state index in [2.05, 4.69) is 12.1 Å². The minimum absolute atomic E-state index is 0.0453. The van der Waals surface area contributed by atoms with Gasteiger partial charge >= 0.3 is 0 Å².